The number of thioether (sulfide) groups is 1. The third-order valence-corrected chi connectivity index (χ3v) is 6.05. The molecule has 0 bridgehead atoms. The van der Waals surface area contributed by atoms with Gasteiger partial charge in [-0.3, -0.25) is 0 Å². The summed E-state index contributed by atoms with van der Waals surface area (Å²) >= 11 is 3.04. The molecule has 30 heavy (non-hydrogen) atoms. The van der Waals surface area contributed by atoms with E-state index in [1.54, 1.807) is 18.0 Å². The van der Waals surface area contributed by atoms with Crippen LogP contribution in [0, 0.1) is 11.3 Å². The number of benzene rings is 2. The van der Waals surface area contributed by atoms with Crippen LogP contribution >= 0.6 is 23.7 Å². The molecule has 2 aromatic carbocycles. The minimum absolute atomic E-state index is 0.0417. The van der Waals surface area contributed by atoms with Crippen LogP contribution in [0.4, 0.5) is 0 Å². The molecule has 7 heteroatoms. The third kappa shape index (κ3) is 5.70. The van der Waals surface area contributed by atoms with E-state index in [0.29, 0.717) is 17.3 Å². The fourth-order valence-corrected chi connectivity index (χ4v) is 3.97. The quantitative estimate of drug-likeness (QED) is 0.342. The summed E-state index contributed by atoms with van der Waals surface area (Å²) in [6.45, 7) is 2.22. The lowest BCUT2D eigenvalue weighted by Crippen LogP contribution is -2.21. The average Bonchev–Trinajstić information content (AvgIpc) is 2.79. The Morgan fingerprint density at radius 2 is 1.83 bits per heavy atom. The molecule has 0 aliphatic carbocycles. The van der Waals surface area contributed by atoms with Gasteiger partial charge in [0.05, 0.1) is 0 Å². The molecule has 1 aromatic heterocycles. The van der Waals surface area contributed by atoms with Gasteiger partial charge in [-0.15, -0.1) is 11.8 Å². The van der Waals surface area contributed by atoms with Crippen LogP contribution in [-0.2, 0) is 6.54 Å². The van der Waals surface area contributed by atoms with Crippen molar-refractivity contribution in [2.24, 2.45) is 0 Å². The van der Waals surface area contributed by atoms with Crippen molar-refractivity contribution >= 4 is 23.7 Å². The highest BCUT2D eigenvalue weighted by atomic mass is 32.2. The van der Waals surface area contributed by atoms with Gasteiger partial charge < -0.3 is 9.15 Å². The lowest BCUT2D eigenvalue weighted by Gasteiger charge is -2.19. The molecular formula is C23H22N2O3S2. The maximum absolute atomic E-state index is 12.0. The Morgan fingerprint density at radius 1 is 1.10 bits per heavy atom. The molecule has 0 saturated heterocycles. The van der Waals surface area contributed by atoms with Crippen molar-refractivity contribution in [1.82, 2.24) is 4.31 Å². The van der Waals surface area contributed by atoms with E-state index >= 15 is 0 Å². The van der Waals surface area contributed by atoms with Gasteiger partial charge >= 0.3 is 5.63 Å². The van der Waals surface area contributed by atoms with Crippen molar-refractivity contribution < 1.29 is 9.15 Å². The predicted octanol–water partition coefficient (Wildman–Crippen LogP) is 5.06. The van der Waals surface area contributed by atoms with Gasteiger partial charge in [0.15, 0.2) is 5.56 Å². The highest BCUT2D eigenvalue weighted by Gasteiger charge is 2.12. The zero-order chi connectivity index (χ0) is 21.3. The van der Waals surface area contributed by atoms with Crippen LogP contribution in [0.15, 0.2) is 74.8 Å². The zero-order valence-corrected chi connectivity index (χ0v) is 18.5. The van der Waals surface area contributed by atoms with Crippen LogP contribution in [-0.4, -0.2) is 30.0 Å². The molecule has 0 saturated carbocycles. The number of hydrogen-bond donors (Lipinski definition) is 0. The van der Waals surface area contributed by atoms with Crippen LogP contribution < -0.4 is 10.4 Å². The van der Waals surface area contributed by atoms with E-state index in [9.17, 15) is 4.79 Å². The molecule has 0 aliphatic heterocycles. The number of ether oxygens (including phenoxy) is 1. The van der Waals surface area contributed by atoms with Gasteiger partial charge in [-0.25, -0.2) is 9.10 Å². The van der Waals surface area contributed by atoms with Crippen molar-refractivity contribution in [3.05, 3.63) is 82.2 Å². The second-order valence-electron chi connectivity index (χ2n) is 6.36. The van der Waals surface area contributed by atoms with E-state index in [1.807, 2.05) is 54.8 Å². The fourth-order valence-electron chi connectivity index (χ4n) is 2.88. The molecule has 0 amide bonds. The van der Waals surface area contributed by atoms with Crippen molar-refractivity contribution in [2.75, 3.05) is 25.7 Å². The molecule has 0 radical (unpaired) electrons. The first-order valence-corrected chi connectivity index (χ1v) is 11.7. The van der Waals surface area contributed by atoms with Crippen molar-refractivity contribution in [1.29, 1.82) is 5.26 Å². The van der Waals surface area contributed by atoms with Crippen molar-refractivity contribution in [3.63, 3.8) is 0 Å². The molecule has 154 valence electrons. The summed E-state index contributed by atoms with van der Waals surface area (Å²) < 4.78 is 13.4. The Hall–Kier alpha value is -2.66. The van der Waals surface area contributed by atoms with E-state index in [2.05, 4.69) is 22.7 Å². The zero-order valence-electron chi connectivity index (χ0n) is 16.8. The summed E-state index contributed by atoms with van der Waals surface area (Å²) in [4.78, 5) is 12.6. The standard InChI is InChI=1S/C23H22N2O3S2/c1-29-22-14-21(28-23(26)20(22)15-24)18-8-10-19(11-9-18)27-13-12-25(30-2)16-17-6-4-3-5-7-17/h3-11,14H,12-13,16H2,1-2H3. The summed E-state index contributed by atoms with van der Waals surface area (Å²) in [6, 6.07) is 21.4. The monoisotopic (exact) mass is 438 g/mol. The summed E-state index contributed by atoms with van der Waals surface area (Å²) in [7, 11) is 0. The van der Waals surface area contributed by atoms with Crippen LogP contribution in [0.5, 0.6) is 5.75 Å². The molecule has 0 spiro atoms. The largest absolute Gasteiger partial charge is 0.492 e. The maximum Gasteiger partial charge on any atom is 0.355 e. The molecule has 0 aliphatic rings. The van der Waals surface area contributed by atoms with E-state index in [4.69, 9.17) is 14.4 Å². The first kappa shape index (κ1) is 22.0. The number of rotatable bonds is 9. The van der Waals surface area contributed by atoms with Crippen LogP contribution in [0.1, 0.15) is 11.1 Å². The van der Waals surface area contributed by atoms with Gasteiger partial charge in [-0.05, 0) is 48.4 Å². The minimum Gasteiger partial charge on any atom is -0.492 e. The smallest absolute Gasteiger partial charge is 0.355 e. The Balaban J connectivity index is 1.60. The van der Waals surface area contributed by atoms with E-state index in [0.717, 1.165) is 24.4 Å². The van der Waals surface area contributed by atoms with Gasteiger partial charge in [0.2, 0.25) is 0 Å². The molecule has 0 atom stereocenters. The second kappa shape index (κ2) is 10.9. The average molecular weight is 439 g/mol. The molecule has 0 unspecified atom stereocenters. The molecule has 5 nitrogen and oxygen atoms in total. The van der Waals surface area contributed by atoms with Gasteiger partial charge in [0, 0.05) is 23.5 Å². The minimum atomic E-state index is -0.616. The van der Waals surface area contributed by atoms with Gasteiger partial charge in [-0.2, -0.15) is 5.26 Å². The molecule has 0 fully saturated rings. The number of nitrogens with zero attached hydrogens (tertiary/aromatic N) is 2. The number of nitriles is 1. The highest BCUT2D eigenvalue weighted by molar-refractivity contribution is 7.98. The Labute approximate surface area is 184 Å². The summed E-state index contributed by atoms with van der Waals surface area (Å²) in [6.07, 6.45) is 3.89. The second-order valence-corrected chi connectivity index (χ2v) is 8.09. The summed E-state index contributed by atoms with van der Waals surface area (Å²) in [5, 5.41) is 9.11. The van der Waals surface area contributed by atoms with Gasteiger partial charge in [0.25, 0.3) is 0 Å². The molecule has 3 rings (SSSR count). The lowest BCUT2D eigenvalue weighted by molar-refractivity contribution is 0.280. The van der Waals surface area contributed by atoms with Crippen molar-refractivity contribution in [2.45, 2.75) is 11.4 Å². The van der Waals surface area contributed by atoms with E-state index < -0.39 is 5.63 Å². The lowest BCUT2D eigenvalue weighted by atomic mass is 10.1. The first-order chi connectivity index (χ1) is 14.6. The highest BCUT2D eigenvalue weighted by Crippen LogP contribution is 2.26. The van der Waals surface area contributed by atoms with Crippen LogP contribution in [0.25, 0.3) is 11.3 Å². The first-order valence-electron chi connectivity index (χ1n) is 9.33. The topological polar surface area (TPSA) is 66.5 Å². The molecule has 0 N–H and O–H groups in total. The van der Waals surface area contributed by atoms with Gasteiger partial charge in [-0.1, -0.05) is 42.3 Å². The SMILES string of the molecule is CSc1cc(-c2ccc(OCCN(Cc3ccccc3)SC)cc2)oc(=O)c1C#N. The molecule has 3 aromatic rings. The normalized spacial score (nSPS) is 10.7. The Kier molecular flexibility index (Phi) is 8.03. The summed E-state index contributed by atoms with van der Waals surface area (Å²) in [5.74, 6) is 1.19. The van der Waals surface area contributed by atoms with Gasteiger partial charge in [0.1, 0.15) is 24.2 Å². The number of hydrogen-bond acceptors (Lipinski definition) is 7. The van der Waals surface area contributed by atoms with Crippen LogP contribution in [0.3, 0.4) is 0 Å². The van der Waals surface area contributed by atoms with Crippen LogP contribution in [0.2, 0.25) is 0 Å². The summed E-state index contributed by atoms with van der Waals surface area (Å²) in [5.41, 5.74) is 1.45. The molecule has 1 heterocycles. The Bertz CT molecular complexity index is 1060. The van der Waals surface area contributed by atoms with E-state index in [-0.39, 0.29) is 5.56 Å². The maximum atomic E-state index is 12.0. The van der Waals surface area contributed by atoms with Crippen molar-refractivity contribution in [3.8, 4) is 23.1 Å². The predicted molar refractivity (Wildman–Crippen MR) is 123 cm³/mol. The van der Waals surface area contributed by atoms with E-state index in [1.165, 1.54) is 17.3 Å². The third-order valence-electron chi connectivity index (χ3n) is 4.46. The molecular weight excluding hydrogens is 416 g/mol. The fraction of sp³-hybridized carbons (Fsp3) is 0.217. The Morgan fingerprint density at radius 3 is 2.47 bits per heavy atom.